The van der Waals surface area contributed by atoms with Crippen LogP contribution in [0.2, 0.25) is 0 Å². The van der Waals surface area contributed by atoms with Gasteiger partial charge in [0.25, 0.3) is 0 Å². The molecule has 0 saturated carbocycles. The van der Waals surface area contributed by atoms with Gasteiger partial charge in [-0.05, 0) is 17.7 Å². The second kappa shape index (κ2) is 5.67. The summed E-state index contributed by atoms with van der Waals surface area (Å²) < 4.78 is 6.14. The quantitative estimate of drug-likeness (QED) is 0.930. The minimum Gasteiger partial charge on any atom is -0.496 e. The van der Waals surface area contributed by atoms with Gasteiger partial charge in [-0.1, -0.05) is 34.1 Å². The molecule has 0 aliphatic heterocycles. The van der Waals surface area contributed by atoms with E-state index >= 15 is 0 Å². The van der Waals surface area contributed by atoms with Crippen LogP contribution >= 0.6 is 27.3 Å². The summed E-state index contributed by atoms with van der Waals surface area (Å²) >= 11 is 5.00. The zero-order chi connectivity index (χ0) is 12.3. The molecule has 1 aromatic carbocycles. The van der Waals surface area contributed by atoms with Gasteiger partial charge in [-0.2, -0.15) is 0 Å². The Morgan fingerprint density at radius 1 is 1.41 bits per heavy atom. The molecule has 1 unspecified atom stereocenters. The number of thiophene rings is 1. The van der Waals surface area contributed by atoms with Crippen LogP contribution in [0.1, 0.15) is 16.5 Å². The van der Waals surface area contributed by atoms with E-state index in [4.69, 9.17) is 4.74 Å². The van der Waals surface area contributed by atoms with Crippen LogP contribution in [0.4, 0.5) is 0 Å². The third kappa shape index (κ3) is 3.09. The van der Waals surface area contributed by atoms with E-state index in [1.807, 2.05) is 35.7 Å². The molecule has 1 atom stereocenters. The number of benzene rings is 1. The lowest BCUT2D eigenvalue weighted by Crippen LogP contribution is -2.00. The molecule has 0 saturated heterocycles. The Balaban J connectivity index is 2.11. The van der Waals surface area contributed by atoms with E-state index in [0.717, 1.165) is 20.7 Å². The van der Waals surface area contributed by atoms with Crippen LogP contribution in [0.15, 0.2) is 40.2 Å². The molecule has 1 aromatic heterocycles. The first-order chi connectivity index (χ1) is 8.20. The van der Waals surface area contributed by atoms with E-state index in [2.05, 4.69) is 15.9 Å². The molecule has 0 bridgehead atoms. The minimum absolute atomic E-state index is 0.484. The molecule has 0 amide bonds. The van der Waals surface area contributed by atoms with Crippen molar-refractivity contribution < 1.29 is 9.84 Å². The molecule has 4 heteroatoms. The highest BCUT2D eigenvalue weighted by Gasteiger charge is 2.13. The summed E-state index contributed by atoms with van der Waals surface area (Å²) in [6, 6.07) is 9.82. The number of rotatable bonds is 4. The van der Waals surface area contributed by atoms with Gasteiger partial charge in [-0.3, -0.25) is 0 Å². The summed E-state index contributed by atoms with van der Waals surface area (Å²) in [5, 5.41) is 12.0. The second-order valence-electron chi connectivity index (χ2n) is 3.70. The normalized spacial score (nSPS) is 12.4. The first kappa shape index (κ1) is 12.6. The van der Waals surface area contributed by atoms with Crippen LogP contribution in [-0.4, -0.2) is 12.2 Å². The van der Waals surface area contributed by atoms with E-state index in [1.165, 1.54) is 11.3 Å². The number of hydrogen-bond acceptors (Lipinski definition) is 3. The summed E-state index contributed by atoms with van der Waals surface area (Å²) in [4.78, 5) is 0.928. The van der Waals surface area contributed by atoms with Gasteiger partial charge in [-0.15, -0.1) is 11.3 Å². The summed E-state index contributed by atoms with van der Waals surface area (Å²) in [5.74, 6) is 0.802. The van der Waals surface area contributed by atoms with Crippen LogP contribution in [-0.2, 0) is 6.42 Å². The lowest BCUT2D eigenvalue weighted by atomic mass is 10.1. The number of aliphatic hydroxyl groups excluding tert-OH is 1. The van der Waals surface area contributed by atoms with E-state index in [9.17, 15) is 5.11 Å². The molecule has 0 fully saturated rings. The highest BCUT2D eigenvalue weighted by atomic mass is 79.9. The Morgan fingerprint density at radius 2 is 2.18 bits per heavy atom. The maximum Gasteiger partial charge on any atom is 0.129 e. The Hall–Kier alpha value is -0.840. The van der Waals surface area contributed by atoms with Gasteiger partial charge in [-0.25, -0.2) is 0 Å². The van der Waals surface area contributed by atoms with Gasteiger partial charge in [0, 0.05) is 21.2 Å². The van der Waals surface area contributed by atoms with Crippen LogP contribution in [0.3, 0.4) is 0 Å². The van der Waals surface area contributed by atoms with Gasteiger partial charge in [0.05, 0.1) is 13.2 Å². The van der Waals surface area contributed by atoms with Crippen LogP contribution in [0.25, 0.3) is 0 Å². The molecule has 2 aromatic rings. The second-order valence-corrected chi connectivity index (χ2v) is 5.50. The van der Waals surface area contributed by atoms with Crippen LogP contribution in [0.5, 0.6) is 5.75 Å². The molecule has 2 nitrogen and oxygen atoms in total. The predicted molar refractivity (Wildman–Crippen MR) is 73.7 cm³/mol. The topological polar surface area (TPSA) is 29.5 Å². The summed E-state index contributed by atoms with van der Waals surface area (Å²) in [6.45, 7) is 0. The van der Waals surface area contributed by atoms with Crippen molar-refractivity contribution in [2.45, 2.75) is 12.5 Å². The first-order valence-corrected chi connectivity index (χ1v) is 6.92. The van der Waals surface area contributed by atoms with Crippen molar-refractivity contribution >= 4 is 27.3 Å². The van der Waals surface area contributed by atoms with E-state index in [0.29, 0.717) is 6.42 Å². The standard InChI is InChI=1S/C13H13BrO2S/c1-16-10-7-13(17-8-10)12(15)6-9-4-2-3-5-11(9)14/h2-5,7-8,12,15H,6H2,1H3. The Kier molecular flexibility index (Phi) is 4.20. The summed E-state index contributed by atoms with van der Waals surface area (Å²) in [5.41, 5.74) is 1.10. The third-order valence-corrected chi connectivity index (χ3v) is 4.32. The average molecular weight is 313 g/mol. The van der Waals surface area contributed by atoms with E-state index in [1.54, 1.807) is 7.11 Å². The third-order valence-electron chi connectivity index (χ3n) is 2.53. The average Bonchev–Trinajstić information content (AvgIpc) is 2.81. The molecule has 2 rings (SSSR count). The summed E-state index contributed by atoms with van der Waals surface area (Å²) in [7, 11) is 1.63. The zero-order valence-electron chi connectivity index (χ0n) is 9.39. The number of methoxy groups -OCH3 is 1. The maximum atomic E-state index is 10.1. The van der Waals surface area contributed by atoms with Crippen molar-refractivity contribution in [2.75, 3.05) is 7.11 Å². The number of halogens is 1. The Bertz CT molecular complexity index is 496. The van der Waals surface area contributed by atoms with Crippen molar-refractivity contribution in [3.63, 3.8) is 0 Å². The smallest absolute Gasteiger partial charge is 0.129 e. The molecule has 0 radical (unpaired) electrons. The van der Waals surface area contributed by atoms with Crippen molar-refractivity contribution in [1.82, 2.24) is 0 Å². The fourth-order valence-corrected chi connectivity index (χ4v) is 2.88. The fourth-order valence-electron chi connectivity index (χ4n) is 1.59. The number of hydrogen-bond donors (Lipinski definition) is 1. The molecular formula is C13H13BrO2S. The molecule has 0 aliphatic rings. The first-order valence-electron chi connectivity index (χ1n) is 5.24. The van der Waals surface area contributed by atoms with Crippen molar-refractivity contribution in [2.24, 2.45) is 0 Å². The van der Waals surface area contributed by atoms with Gasteiger partial charge in [0.1, 0.15) is 5.75 Å². The van der Waals surface area contributed by atoms with Crippen LogP contribution < -0.4 is 4.74 Å². The lowest BCUT2D eigenvalue weighted by Gasteiger charge is -2.09. The molecule has 17 heavy (non-hydrogen) atoms. The SMILES string of the molecule is COc1csc(C(O)Cc2ccccc2Br)c1. The van der Waals surface area contributed by atoms with Crippen molar-refractivity contribution in [3.05, 3.63) is 50.6 Å². The molecule has 0 spiro atoms. The Morgan fingerprint density at radius 3 is 2.82 bits per heavy atom. The van der Waals surface area contributed by atoms with Gasteiger partial charge in [0.15, 0.2) is 0 Å². The number of ether oxygens (including phenoxy) is 1. The van der Waals surface area contributed by atoms with E-state index < -0.39 is 6.10 Å². The molecule has 90 valence electrons. The molecule has 0 aliphatic carbocycles. The zero-order valence-corrected chi connectivity index (χ0v) is 11.8. The van der Waals surface area contributed by atoms with E-state index in [-0.39, 0.29) is 0 Å². The van der Waals surface area contributed by atoms with Gasteiger partial charge >= 0.3 is 0 Å². The molecular weight excluding hydrogens is 300 g/mol. The molecule has 1 heterocycles. The maximum absolute atomic E-state index is 10.1. The van der Waals surface area contributed by atoms with Crippen LogP contribution in [0, 0.1) is 0 Å². The highest BCUT2D eigenvalue weighted by molar-refractivity contribution is 9.10. The van der Waals surface area contributed by atoms with Crippen molar-refractivity contribution in [1.29, 1.82) is 0 Å². The predicted octanol–water partition coefficient (Wildman–Crippen LogP) is 3.80. The Labute approximate surface area is 113 Å². The fraction of sp³-hybridized carbons (Fsp3) is 0.231. The summed E-state index contributed by atoms with van der Waals surface area (Å²) in [6.07, 6.45) is 0.119. The van der Waals surface area contributed by atoms with Gasteiger partial charge < -0.3 is 9.84 Å². The highest BCUT2D eigenvalue weighted by Crippen LogP contribution is 2.30. The van der Waals surface area contributed by atoms with Gasteiger partial charge in [0.2, 0.25) is 0 Å². The van der Waals surface area contributed by atoms with Crippen molar-refractivity contribution in [3.8, 4) is 5.75 Å². The molecule has 1 N–H and O–H groups in total. The lowest BCUT2D eigenvalue weighted by molar-refractivity contribution is 0.182. The minimum atomic E-state index is -0.484. The monoisotopic (exact) mass is 312 g/mol. The largest absolute Gasteiger partial charge is 0.496 e. The number of aliphatic hydroxyl groups is 1.